The highest BCUT2D eigenvalue weighted by Crippen LogP contribution is 2.14. The SMILES string of the molecule is O=S(=O)(Cl)c1ccc([ClH+])cc1. The highest BCUT2D eigenvalue weighted by molar-refractivity contribution is 8.13. The molecule has 60 valence electrons. The van der Waals surface area contributed by atoms with Crippen LogP contribution in [0.25, 0.3) is 0 Å². The van der Waals surface area contributed by atoms with Gasteiger partial charge in [0.1, 0.15) is 0 Å². The summed E-state index contributed by atoms with van der Waals surface area (Å²) in [5.41, 5.74) is 0. The summed E-state index contributed by atoms with van der Waals surface area (Å²) in [7, 11) is 1.46. The minimum atomic E-state index is -3.59. The topological polar surface area (TPSA) is 34.1 Å². The molecule has 0 bridgehead atoms. The highest BCUT2D eigenvalue weighted by Gasteiger charge is 2.09. The van der Waals surface area contributed by atoms with Crippen LogP contribution in [0, 0.1) is 11.6 Å². The fourth-order valence-corrected chi connectivity index (χ4v) is 1.51. The molecule has 0 saturated heterocycles. The lowest BCUT2D eigenvalue weighted by Crippen LogP contribution is -1.88. The molecule has 0 aliphatic heterocycles. The smallest absolute Gasteiger partial charge is 0.207 e. The van der Waals surface area contributed by atoms with Gasteiger partial charge in [-0.15, -0.1) is 0 Å². The Balaban J connectivity index is 3.20. The minimum absolute atomic E-state index is 0.0766. The second kappa shape index (κ2) is 3.01. The van der Waals surface area contributed by atoms with Crippen LogP contribution in [0.4, 0.5) is 0 Å². The zero-order valence-corrected chi connectivity index (χ0v) is 7.71. The van der Waals surface area contributed by atoms with Gasteiger partial charge < -0.3 is 0 Å². The molecule has 0 aliphatic carbocycles. The van der Waals surface area contributed by atoms with Crippen LogP contribution in [0.2, 0.25) is 5.02 Å². The van der Waals surface area contributed by atoms with Crippen molar-refractivity contribution in [2.24, 2.45) is 0 Å². The first-order chi connectivity index (χ1) is 5.00. The average molecular weight is 212 g/mol. The van der Waals surface area contributed by atoms with E-state index >= 15 is 0 Å². The van der Waals surface area contributed by atoms with Crippen LogP contribution in [0.5, 0.6) is 0 Å². The van der Waals surface area contributed by atoms with E-state index < -0.39 is 9.05 Å². The number of rotatable bonds is 1. The largest absolute Gasteiger partial charge is 0.261 e. The van der Waals surface area contributed by atoms with Crippen molar-refractivity contribution in [1.29, 1.82) is 0 Å². The fraction of sp³-hybridized carbons (Fsp3) is 0. The molecule has 11 heavy (non-hydrogen) atoms. The van der Waals surface area contributed by atoms with Crippen molar-refractivity contribution >= 4 is 19.7 Å². The van der Waals surface area contributed by atoms with Gasteiger partial charge in [0.15, 0.2) is 11.6 Å². The van der Waals surface area contributed by atoms with Crippen molar-refractivity contribution in [2.45, 2.75) is 4.90 Å². The Labute approximate surface area is 74.2 Å². The maximum atomic E-state index is 10.7. The normalized spacial score (nSPS) is 11.5. The van der Waals surface area contributed by atoms with Gasteiger partial charge in [-0.2, -0.15) is 0 Å². The van der Waals surface area contributed by atoms with Gasteiger partial charge in [-0.1, -0.05) is 0 Å². The lowest BCUT2D eigenvalue weighted by Gasteiger charge is -1.91. The molecule has 0 aliphatic rings. The van der Waals surface area contributed by atoms with Crippen LogP contribution in [-0.2, 0) is 9.05 Å². The molecule has 0 heterocycles. The first-order valence-corrected chi connectivity index (χ1v) is 5.43. The zero-order valence-electron chi connectivity index (χ0n) is 5.32. The highest BCUT2D eigenvalue weighted by atomic mass is 35.7. The summed E-state index contributed by atoms with van der Waals surface area (Å²) in [4.78, 5) is 0.0766. The van der Waals surface area contributed by atoms with Crippen molar-refractivity contribution in [3.63, 3.8) is 0 Å². The molecule has 1 aromatic carbocycles. The predicted octanol–water partition coefficient (Wildman–Crippen LogP) is 1.31. The molecule has 0 fully saturated rings. The van der Waals surface area contributed by atoms with Crippen molar-refractivity contribution in [2.75, 3.05) is 0 Å². The van der Waals surface area contributed by atoms with Gasteiger partial charge in [-0.3, -0.25) is 0 Å². The molecule has 0 saturated carbocycles. The summed E-state index contributed by atoms with van der Waals surface area (Å²) >= 11 is 4.76. The van der Waals surface area contributed by atoms with E-state index in [0.717, 1.165) is 0 Å². The minimum Gasteiger partial charge on any atom is -0.207 e. The molecule has 1 rings (SSSR count). The summed E-state index contributed by atoms with van der Waals surface area (Å²) in [6.45, 7) is 0. The van der Waals surface area contributed by atoms with Gasteiger partial charge in [-0.25, -0.2) is 8.42 Å². The molecule has 0 aromatic heterocycles. The Morgan fingerprint density at radius 1 is 1.18 bits per heavy atom. The van der Waals surface area contributed by atoms with Crippen LogP contribution in [0.1, 0.15) is 0 Å². The van der Waals surface area contributed by atoms with E-state index in [1.54, 1.807) is 0 Å². The maximum Gasteiger partial charge on any atom is 0.261 e. The lowest BCUT2D eigenvalue weighted by atomic mass is 10.4. The molecule has 0 spiro atoms. The molecule has 5 heteroatoms. The van der Waals surface area contributed by atoms with Gasteiger partial charge >= 0.3 is 0 Å². The Kier molecular flexibility index (Phi) is 2.42. The van der Waals surface area contributed by atoms with Gasteiger partial charge in [0.25, 0.3) is 9.05 Å². The third kappa shape index (κ3) is 2.36. The van der Waals surface area contributed by atoms with Crippen LogP contribution >= 0.6 is 10.7 Å². The quantitative estimate of drug-likeness (QED) is 0.657. The summed E-state index contributed by atoms with van der Waals surface area (Å²) in [5, 5.41) is 0.592. The third-order valence-electron chi connectivity index (χ3n) is 1.11. The Hall–Kier alpha value is -0.250. The van der Waals surface area contributed by atoms with E-state index in [1.807, 2.05) is 0 Å². The first kappa shape index (κ1) is 8.84. The van der Waals surface area contributed by atoms with Gasteiger partial charge in [0.2, 0.25) is 5.02 Å². The van der Waals surface area contributed by atoms with Crippen molar-refractivity contribution in [3.8, 4) is 0 Å². The molecule has 2 nitrogen and oxygen atoms in total. The summed E-state index contributed by atoms with van der Waals surface area (Å²) < 4.78 is 21.4. The monoisotopic (exact) mass is 211 g/mol. The summed E-state index contributed by atoms with van der Waals surface area (Å²) in [6.07, 6.45) is 0. The van der Waals surface area contributed by atoms with Crippen molar-refractivity contribution in [1.82, 2.24) is 0 Å². The van der Waals surface area contributed by atoms with E-state index in [2.05, 4.69) is 0 Å². The maximum absolute atomic E-state index is 10.7. The predicted molar refractivity (Wildman–Crippen MR) is 40.0 cm³/mol. The first-order valence-electron chi connectivity index (χ1n) is 2.72. The van der Waals surface area contributed by atoms with E-state index in [9.17, 15) is 8.42 Å². The second-order valence-corrected chi connectivity index (χ2v) is 4.95. The second-order valence-electron chi connectivity index (χ2n) is 1.91. The van der Waals surface area contributed by atoms with Crippen LogP contribution in [0.15, 0.2) is 29.2 Å². The van der Waals surface area contributed by atoms with Crippen LogP contribution in [-0.4, -0.2) is 8.42 Å². The molecule has 0 radical (unpaired) electrons. The standard InChI is InChI=1S/C6H5Cl2O2S/c7-5-1-3-6(4-2-5)11(8,9)10/h1-4,7H/q+1. The lowest BCUT2D eigenvalue weighted by molar-refractivity contribution is -0.288. The molecule has 0 N–H and O–H groups in total. The van der Waals surface area contributed by atoms with E-state index in [4.69, 9.17) is 22.3 Å². The van der Waals surface area contributed by atoms with Gasteiger partial charge in [0, 0.05) is 22.8 Å². The van der Waals surface area contributed by atoms with Crippen LogP contribution < -0.4 is 0 Å². The Morgan fingerprint density at radius 2 is 1.64 bits per heavy atom. The number of halogens is 2. The van der Waals surface area contributed by atoms with E-state index in [1.165, 1.54) is 24.3 Å². The summed E-state index contributed by atoms with van der Waals surface area (Å²) in [5.74, 6) is 0. The zero-order chi connectivity index (χ0) is 8.48. The van der Waals surface area contributed by atoms with Crippen molar-refractivity contribution < 1.29 is 20.0 Å². The molecule has 1 aromatic rings. The van der Waals surface area contributed by atoms with E-state index in [0.29, 0.717) is 5.02 Å². The number of benzene rings is 1. The molecular weight excluding hydrogens is 207 g/mol. The number of hydrogen-bond acceptors (Lipinski definition) is 2. The molecule has 0 atom stereocenters. The third-order valence-corrected chi connectivity index (χ3v) is 2.75. The van der Waals surface area contributed by atoms with E-state index in [-0.39, 0.29) is 4.90 Å². The molecule has 0 unspecified atom stereocenters. The van der Waals surface area contributed by atoms with Crippen molar-refractivity contribution in [3.05, 3.63) is 29.3 Å². The molecular formula is C6H5Cl2O2S+. The van der Waals surface area contributed by atoms with Crippen LogP contribution in [0.3, 0.4) is 0 Å². The Morgan fingerprint density at radius 3 is 2.00 bits per heavy atom. The summed E-state index contributed by atoms with van der Waals surface area (Å²) in [6, 6.07) is 5.80. The molecule has 0 amide bonds. The number of hydrogen-bond donors (Lipinski definition) is 0. The van der Waals surface area contributed by atoms with Gasteiger partial charge in [0.05, 0.1) is 4.90 Å². The van der Waals surface area contributed by atoms with Gasteiger partial charge in [-0.05, 0) is 12.1 Å². The Bertz CT molecular complexity index is 341. The average Bonchev–Trinajstić information content (AvgIpc) is 1.86. The fourth-order valence-electron chi connectivity index (χ4n) is 0.602.